The number of nitrogens with one attached hydrogen (secondary N) is 1. The maximum Gasteiger partial charge on any atom is 0.214 e. The normalized spacial score (nSPS) is 25.6. The second kappa shape index (κ2) is 7.76. The molecule has 1 aliphatic carbocycles. The number of sulfonamides is 1. The first-order valence-corrected chi connectivity index (χ1v) is 9.96. The molecule has 1 saturated heterocycles. The topological polar surface area (TPSA) is 49.4 Å². The van der Waals surface area contributed by atoms with Crippen LogP contribution in [0.1, 0.15) is 58.3 Å². The molecule has 0 radical (unpaired) electrons. The Labute approximate surface area is 124 Å². The Morgan fingerprint density at radius 1 is 1.10 bits per heavy atom. The van der Waals surface area contributed by atoms with E-state index in [2.05, 4.69) is 12.2 Å². The summed E-state index contributed by atoms with van der Waals surface area (Å²) < 4.78 is 26.9. The van der Waals surface area contributed by atoms with Crippen LogP contribution in [0.3, 0.4) is 0 Å². The van der Waals surface area contributed by atoms with Gasteiger partial charge in [-0.05, 0) is 57.5 Å². The van der Waals surface area contributed by atoms with Crippen molar-refractivity contribution in [3.8, 4) is 0 Å². The molecule has 0 aromatic heterocycles. The van der Waals surface area contributed by atoms with Crippen LogP contribution in [0.25, 0.3) is 0 Å². The van der Waals surface area contributed by atoms with E-state index >= 15 is 0 Å². The molecule has 1 saturated carbocycles. The van der Waals surface area contributed by atoms with Crippen LogP contribution < -0.4 is 5.32 Å². The van der Waals surface area contributed by atoms with Gasteiger partial charge in [0.25, 0.3) is 0 Å². The average molecular weight is 302 g/mol. The molecular formula is C15H30N2O2S. The van der Waals surface area contributed by atoms with E-state index in [9.17, 15) is 8.42 Å². The average Bonchev–Trinajstić information content (AvgIpc) is 3.09. The van der Waals surface area contributed by atoms with Crippen LogP contribution in [0.2, 0.25) is 0 Å². The van der Waals surface area contributed by atoms with Gasteiger partial charge >= 0.3 is 0 Å². The second-order valence-corrected chi connectivity index (χ2v) is 8.28. The van der Waals surface area contributed by atoms with Gasteiger partial charge in [-0.2, -0.15) is 4.31 Å². The van der Waals surface area contributed by atoms with E-state index in [1.807, 2.05) is 4.31 Å². The molecular weight excluding hydrogens is 272 g/mol. The molecule has 1 unspecified atom stereocenters. The van der Waals surface area contributed by atoms with Crippen molar-refractivity contribution in [2.24, 2.45) is 5.92 Å². The van der Waals surface area contributed by atoms with Crippen LogP contribution in [0.15, 0.2) is 0 Å². The van der Waals surface area contributed by atoms with Gasteiger partial charge in [0, 0.05) is 12.6 Å². The van der Waals surface area contributed by atoms with E-state index in [1.165, 1.54) is 25.7 Å². The van der Waals surface area contributed by atoms with Gasteiger partial charge in [0.1, 0.15) is 0 Å². The largest absolute Gasteiger partial charge is 0.317 e. The highest BCUT2D eigenvalue weighted by molar-refractivity contribution is 7.89. The third kappa shape index (κ3) is 4.18. The number of hydrogen-bond acceptors (Lipinski definition) is 3. The maximum atomic E-state index is 12.5. The van der Waals surface area contributed by atoms with E-state index in [4.69, 9.17) is 0 Å². The Morgan fingerprint density at radius 3 is 2.55 bits per heavy atom. The second-order valence-electron chi connectivity index (χ2n) is 6.24. The maximum absolute atomic E-state index is 12.5. The standard InChI is InChI=1S/C15H30N2O2S/c1-2-16-11-5-6-13-20(18,19)17-12-7-10-15(17)14-8-3-4-9-14/h14-16H,2-13H2,1H3. The molecule has 0 bridgehead atoms. The summed E-state index contributed by atoms with van der Waals surface area (Å²) in [5.41, 5.74) is 0. The van der Waals surface area contributed by atoms with E-state index in [0.717, 1.165) is 45.3 Å². The van der Waals surface area contributed by atoms with E-state index < -0.39 is 10.0 Å². The van der Waals surface area contributed by atoms with Crippen molar-refractivity contribution in [3.63, 3.8) is 0 Å². The van der Waals surface area contributed by atoms with E-state index in [0.29, 0.717) is 17.7 Å². The van der Waals surface area contributed by atoms with Gasteiger partial charge in [0.15, 0.2) is 0 Å². The fourth-order valence-electron chi connectivity index (χ4n) is 3.75. The summed E-state index contributed by atoms with van der Waals surface area (Å²) in [6.07, 6.45) is 8.92. The molecule has 1 aliphatic heterocycles. The molecule has 0 spiro atoms. The predicted molar refractivity (Wildman–Crippen MR) is 83.3 cm³/mol. The third-order valence-electron chi connectivity index (χ3n) is 4.81. The minimum absolute atomic E-state index is 0.316. The van der Waals surface area contributed by atoms with Crippen LogP contribution in [0.5, 0.6) is 0 Å². The van der Waals surface area contributed by atoms with Crippen molar-refractivity contribution < 1.29 is 8.42 Å². The lowest BCUT2D eigenvalue weighted by atomic mass is 9.97. The van der Waals surface area contributed by atoms with Crippen molar-refractivity contribution in [1.82, 2.24) is 9.62 Å². The van der Waals surface area contributed by atoms with Gasteiger partial charge in [-0.3, -0.25) is 0 Å². The zero-order valence-corrected chi connectivity index (χ0v) is 13.6. The molecule has 0 aromatic rings. The summed E-state index contributed by atoms with van der Waals surface area (Å²) in [4.78, 5) is 0. The Morgan fingerprint density at radius 2 is 1.85 bits per heavy atom. The summed E-state index contributed by atoms with van der Waals surface area (Å²) >= 11 is 0. The summed E-state index contributed by atoms with van der Waals surface area (Å²) in [7, 11) is -3.03. The lowest BCUT2D eigenvalue weighted by Gasteiger charge is -2.28. The SMILES string of the molecule is CCNCCCCS(=O)(=O)N1CCCC1C1CCCC1. The first-order chi connectivity index (χ1) is 9.65. The number of rotatable bonds is 8. The van der Waals surface area contributed by atoms with Crippen LogP contribution in [-0.4, -0.2) is 44.2 Å². The molecule has 2 aliphatic rings. The highest BCUT2D eigenvalue weighted by Gasteiger charge is 2.39. The summed E-state index contributed by atoms with van der Waals surface area (Å²) in [5, 5.41) is 3.25. The molecule has 2 fully saturated rings. The van der Waals surface area contributed by atoms with Crippen LogP contribution in [0.4, 0.5) is 0 Å². The van der Waals surface area contributed by atoms with Crippen molar-refractivity contribution in [2.75, 3.05) is 25.4 Å². The predicted octanol–water partition coefficient (Wildman–Crippen LogP) is 2.36. The molecule has 0 aromatic carbocycles. The number of nitrogens with zero attached hydrogens (tertiary/aromatic N) is 1. The number of hydrogen-bond donors (Lipinski definition) is 1. The van der Waals surface area contributed by atoms with Crippen LogP contribution in [0, 0.1) is 5.92 Å². The molecule has 118 valence electrons. The fourth-order valence-corrected chi connectivity index (χ4v) is 5.65. The lowest BCUT2D eigenvalue weighted by molar-refractivity contribution is 0.288. The Bertz CT molecular complexity index is 377. The lowest BCUT2D eigenvalue weighted by Crippen LogP contribution is -2.40. The van der Waals surface area contributed by atoms with E-state index in [-0.39, 0.29) is 0 Å². The number of unbranched alkanes of at least 4 members (excludes halogenated alkanes) is 1. The fraction of sp³-hybridized carbons (Fsp3) is 1.00. The van der Waals surface area contributed by atoms with Gasteiger partial charge in [-0.1, -0.05) is 19.8 Å². The smallest absolute Gasteiger partial charge is 0.214 e. The summed E-state index contributed by atoms with van der Waals surface area (Å²) in [5.74, 6) is 0.968. The molecule has 0 amide bonds. The monoisotopic (exact) mass is 302 g/mol. The highest BCUT2D eigenvalue weighted by Crippen LogP contribution is 2.36. The van der Waals surface area contributed by atoms with Gasteiger partial charge in [-0.15, -0.1) is 0 Å². The van der Waals surface area contributed by atoms with Crippen molar-refractivity contribution >= 4 is 10.0 Å². The zero-order valence-electron chi connectivity index (χ0n) is 12.8. The minimum atomic E-state index is -3.03. The molecule has 2 rings (SSSR count). The Balaban J connectivity index is 1.84. The Hall–Kier alpha value is -0.130. The first-order valence-electron chi connectivity index (χ1n) is 8.35. The van der Waals surface area contributed by atoms with Crippen molar-refractivity contribution in [3.05, 3.63) is 0 Å². The first kappa shape index (κ1) is 16.2. The van der Waals surface area contributed by atoms with Crippen molar-refractivity contribution in [2.45, 2.75) is 64.3 Å². The summed E-state index contributed by atoms with van der Waals surface area (Å²) in [6, 6.07) is 0.316. The third-order valence-corrected chi connectivity index (χ3v) is 6.78. The quantitative estimate of drug-likeness (QED) is 0.700. The summed E-state index contributed by atoms with van der Waals surface area (Å²) in [6.45, 7) is 4.73. The molecule has 1 heterocycles. The molecule has 1 N–H and O–H groups in total. The van der Waals surface area contributed by atoms with Gasteiger partial charge in [0.2, 0.25) is 10.0 Å². The van der Waals surface area contributed by atoms with Crippen LogP contribution >= 0.6 is 0 Å². The molecule has 5 heteroatoms. The van der Waals surface area contributed by atoms with Crippen LogP contribution in [-0.2, 0) is 10.0 Å². The van der Waals surface area contributed by atoms with E-state index in [1.54, 1.807) is 0 Å². The van der Waals surface area contributed by atoms with Gasteiger partial charge in [0.05, 0.1) is 5.75 Å². The van der Waals surface area contributed by atoms with Gasteiger partial charge in [-0.25, -0.2) is 8.42 Å². The molecule has 20 heavy (non-hydrogen) atoms. The Kier molecular flexibility index (Phi) is 6.30. The molecule has 4 nitrogen and oxygen atoms in total. The van der Waals surface area contributed by atoms with Crippen molar-refractivity contribution in [1.29, 1.82) is 0 Å². The minimum Gasteiger partial charge on any atom is -0.317 e. The highest BCUT2D eigenvalue weighted by atomic mass is 32.2. The van der Waals surface area contributed by atoms with Gasteiger partial charge < -0.3 is 5.32 Å². The zero-order chi connectivity index (χ0) is 14.4. The molecule has 1 atom stereocenters.